The summed E-state index contributed by atoms with van der Waals surface area (Å²) in [6.45, 7) is 0. The summed E-state index contributed by atoms with van der Waals surface area (Å²) in [7, 11) is 0. The second-order valence-corrected chi connectivity index (χ2v) is 2.48. The van der Waals surface area contributed by atoms with Crippen LogP contribution >= 0.6 is 11.6 Å². The number of rotatable bonds is 0. The Morgan fingerprint density at radius 1 is 1.09 bits per heavy atom. The molecule has 11 heavy (non-hydrogen) atoms. The van der Waals surface area contributed by atoms with Gasteiger partial charge in [0.1, 0.15) is 6.33 Å². The average molecular weight is 166 g/mol. The van der Waals surface area contributed by atoms with Crippen LogP contribution in [0.15, 0.2) is 24.9 Å². The summed E-state index contributed by atoms with van der Waals surface area (Å²) in [4.78, 5) is 11.7. The molecule has 4 heteroatoms. The molecule has 0 N–H and O–H groups in total. The lowest BCUT2D eigenvalue weighted by atomic mass is 10.3. The molecule has 0 fully saturated rings. The molecule has 0 atom stereocenters. The first kappa shape index (κ1) is 6.49. The van der Waals surface area contributed by atoms with E-state index in [2.05, 4.69) is 15.0 Å². The molecule has 2 rings (SSSR count). The van der Waals surface area contributed by atoms with Gasteiger partial charge in [0.05, 0.1) is 16.7 Å². The maximum atomic E-state index is 5.81. The van der Waals surface area contributed by atoms with Crippen molar-refractivity contribution in [2.24, 2.45) is 0 Å². The maximum absolute atomic E-state index is 5.81. The van der Waals surface area contributed by atoms with Crippen LogP contribution in [0.25, 0.3) is 10.9 Å². The maximum Gasteiger partial charge on any atom is 0.116 e. The Labute approximate surface area is 68.1 Å². The minimum atomic E-state index is 0.586. The number of hydrogen-bond donors (Lipinski definition) is 0. The van der Waals surface area contributed by atoms with Crippen molar-refractivity contribution in [2.75, 3.05) is 0 Å². The third-order valence-electron chi connectivity index (χ3n) is 1.39. The highest BCUT2D eigenvalue weighted by atomic mass is 35.5. The van der Waals surface area contributed by atoms with Crippen LogP contribution in [0, 0.1) is 0 Å². The van der Waals surface area contributed by atoms with Crippen molar-refractivity contribution in [1.82, 2.24) is 15.0 Å². The first-order chi connectivity index (χ1) is 5.38. The minimum Gasteiger partial charge on any atom is -0.261 e. The topological polar surface area (TPSA) is 38.7 Å². The standard InChI is InChI=1S/C7H4ClN3/c8-6-2-9-3-7-5(6)1-10-4-11-7/h1-4H. The first-order valence-electron chi connectivity index (χ1n) is 3.07. The first-order valence-corrected chi connectivity index (χ1v) is 3.45. The Bertz CT molecular complexity index is 383. The van der Waals surface area contributed by atoms with Gasteiger partial charge in [-0.1, -0.05) is 11.6 Å². The average Bonchev–Trinajstić information content (AvgIpc) is 2.06. The molecule has 2 aromatic rings. The molecule has 0 aliphatic heterocycles. The summed E-state index contributed by atoms with van der Waals surface area (Å²) in [5.74, 6) is 0. The van der Waals surface area contributed by atoms with Gasteiger partial charge in [0, 0.05) is 17.8 Å². The van der Waals surface area contributed by atoms with E-state index in [1.807, 2.05) is 0 Å². The lowest BCUT2D eigenvalue weighted by Gasteiger charge is -1.94. The molecular formula is C7H4ClN3. The normalized spacial score (nSPS) is 10.3. The van der Waals surface area contributed by atoms with E-state index >= 15 is 0 Å². The van der Waals surface area contributed by atoms with Crippen molar-refractivity contribution in [3.05, 3.63) is 29.9 Å². The molecule has 3 nitrogen and oxygen atoms in total. The third kappa shape index (κ3) is 1.03. The lowest BCUT2D eigenvalue weighted by Crippen LogP contribution is -1.82. The van der Waals surface area contributed by atoms with Crippen LogP contribution in [0.2, 0.25) is 5.02 Å². The van der Waals surface area contributed by atoms with Gasteiger partial charge in [-0.2, -0.15) is 0 Å². The number of fused-ring (bicyclic) bond motifs is 1. The van der Waals surface area contributed by atoms with Gasteiger partial charge < -0.3 is 0 Å². The van der Waals surface area contributed by atoms with Crippen molar-refractivity contribution < 1.29 is 0 Å². The fourth-order valence-corrected chi connectivity index (χ4v) is 1.07. The highest BCUT2D eigenvalue weighted by Crippen LogP contribution is 2.17. The SMILES string of the molecule is Clc1cncc2ncncc12. The molecule has 0 bridgehead atoms. The fraction of sp³-hybridized carbons (Fsp3) is 0. The van der Waals surface area contributed by atoms with Crippen molar-refractivity contribution in [1.29, 1.82) is 0 Å². The van der Waals surface area contributed by atoms with E-state index in [0.29, 0.717) is 5.02 Å². The van der Waals surface area contributed by atoms with Gasteiger partial charge in [-0.25, -0.2) is 9.97 Å². The number of hydrogen-bond acceptors (Lipinski definition) is 3. The molecule has 0 aromatic carbocycles. The molecule has 0 saturated heterocycles. The molecule has 0 saturated carbocycles. The second kappa shape index (κ2) is 2.43. The molecule has 0 aliphatic rings. The van der Waals surface area contributed by atoms with Gasteiger partial charge in [0.2, 0.25) is 0 Å². The molecule has 2 aromatic heterocycles. The Balaban J connectivity index is 2.91. The molecule has 0 aliphatic carbocycles. The molecule has 0 radical (unpaired) electrons. The monoisotopic (exact) mass is 165 g/mol. The summed E-state index contributed by atoms with van der Waals surface area (Å²) in [5.41, 5.74) is 0.771. The predicted molar refractivity (Wildman–Crippen MR) is 42.3 cm³/mol. The van der Waals surface area contributed by atoms with Gasteiger partial charge in [-0.15, -0.1) is 0 Å². The van der Waals surface area contributed by atoms with Gasteiger partial charge >= 0.3 is 0 Å². The van der Waals surface area contributed by atoms with E-state index in [4.69, 9.17) is 11.6 Å². The minimum absolute atomic E-state index is 0.586. The lowest BCUT2D eigenvalue weighted by molar-refractivity contribution is 1.20. The summed E-state index contributed by atoms with van der Waals surface area (Å²) in [6.07, 6.45) is 6.38. The third-order valence-corrected chi connectivity index (χ3v) is 1.69. The molecule has 54 valence electrons. The predicted octanol–water partition coefficient (Wildman–Crippen LogP) is 1.68. The fourth-order valence-electron chi connectivity index (χ4n) is 0.869. The van der Waals surface area contributed by atoms with Crippen molar-refractivity contribution >= 4 is 22.5 Å². The van der Waals surface area contributed by atoms with Gasteiger partial charge in [0.25, 0.3) is 0 Å². The Kier molecular flexibility index (Phi) is 1.43. The number of halogens is 1. The van der Waals surface area contributed by atoms with Crippen LogP contribution in [0.3, 0.4) is 0 Å². The zero-order chi connectivity index (χ0) is 7.68. The van der Waals surface area contributed by atoms with E-state index in [1.165, 1.54) is 6.33 Å². The zero-order valence-electron chi connectivity index (χ0n) is 5.53. The summed E-state index contributed by atoms with van der Waals surface area (Å²) in [6, 6.07) is 0. The van der Waals surface area contributed by atoms with Crippen LogP contribution in [0.1, 0.15) is 0 Å². The molecule has 0 spiro atoms. The highest BCUT2D eigenvalue weighted by molar-refractivity contribution is 6.35. The van der Waals surface area contributed by atoms with E-state index in [-0.39, 0.29) is 0 Å². The van der Waals surface area contributed by atoms with Crippen molar-refractivity contribution in [2.45, 2.75) is 0 Å². The Morgan fingerprint density at radius 2 is 2.00 bits per heavy atom. The van der Waals surface area contributed by atoms with E-state index in [1.54, 1.807) is 18.6 Å². The summed E-state index contributed by atoms with van der Waals surface area (Å²) < 4.78 is 0. The Hall–Kier alpha value is -1.22. The van der Waals surface area contributed by atoms with Crippen molar-refractivity contribution in [3.63, 3.8) is 0 Å². The second-order valence-electron chi connectivity index (χ2n) is 2.08. The van der Waals surface area contributed by atoms with Gasteiger partial charge in [0.15, 0.2) is 0 Å². The van der Waals surface area contributed by atoms with Crippen LogP contribution < -0.4 is 0 Å². The van der Waals surface area contributed by atoms with Gasteiger partial charge in [-0.05, 0) is 0 Å². The number of pyridine rings is 1. The summed E-state index contributed by atoms with van der Waals surface area (Å²) >= 11 is 5.81. The van der Waals surface area contributed by atoms with Gasteiger partial charge in [-0.3, -0.25) is 4.98 Å². The molecule has 0 amide bonds. The van der Waals surface area contributed by atoms with Crippen LogP contribution in [-0.2, 0) is 0 Å². The molecule has 0 unspecified atom stereocenters. The largest absolute Gasteiger partial charge is 0.261 e. The summed E-state index contributed by atoms with van der Waals surface area (Å²) in [5, 5.41) is 1.42. The Morgan fingerprint density at radius 3 is 2.82 bits per heavy atom. The quantitative estimate of drug-likeness (QED) is 0.596. The van der Waals surface area contributed by atoms with E-state index in [9.17, 15) is 0 Å². The molecule has 2 heterocycles. The van der Waals surface area contributed by atoms with E-state index < -0.39 is 0 Å². The van der Waals surface area contributed by atoms with Crippen LogP contribution in [0.5, 0.6) is 0 Å². The smallest absolute Gasteiger partial charge is 0.116 e. The van der Waals surface area contributed by atoms with Crippen molar-refractivity contribution in [3.8, 4) is 0 Å². The van der Waals surface area contributed by atoms with Crippen LogP contribution in [-0.4, -0.2) is 15.0 Å². The molecular weight excluding hydrogens is 162 g/mol. The highest BCUT2D eigenvalue weighted by Gasteiger charge is 1.97. The van der Waals surface area contributed by atoms with E-state index in [0.717, 1.165) is 10.9 Å². The zero-order valence-corrected chi connectivity index (χ0v) is 6.28. The van der Waals surface area contributed by atoms with Crippen LogP contribution in [0.4, 0.5) is 0 Å². The number of aromatic nitrogens is 3. The number of nitrogens with zero attached hydrogens (tertiary/aromatic N) is 3.